The maximum absolute atomic E-state index is 13.3. The minimum Gasteiger partial charge on any atom is -0.403 e. The zero-order valence-corrected chi connectivity index (χ0v) is 20.2. The second-order valence-corrected chi connectivity index (χ2v) is 10.5. The van der Waals surface area contributed by atoms with Crippen LogP contribution in [0.2, 0.25) is 0 Å². The molecule has 1 aliphatic rings. The van der Waals surface area contributed by atoms with Gasteiger partial charge in [0.1, 0.15) is 0 Å². The molecule has 2 heterocycles. The number of aromatic nitrogens is 2. The highest BCUT2D eigenvalue weighted by Crippen LogP contribution is 2.32. The molecule has 1 amide bonds. The van der Waals surface area contributed by atoms with Gasteiger partial charge in [-0.1, -0.05) is 39.2 Å². The van der Waals surface area contributed by atoms with E-state index in [4.69, 9.17) is 4.42 Å². The molecule has 0 unspecified atom stereocenters. The predicted molar refractivity (Wildman–Crippen MR) is 131 cm³/mol. The van der Waals surface area contributed by atoms with Crippen molar-refractivity contribution < 1.29 is 17.6 Å². The minimum absolute atomic E-state index is 0.0514. The Morgan fingerprint density at radius 3 is 2.47 bits per heavy atom. The first-order valence-corrected chi connectivity index (χ1v) is 12.8. The lowest BCUT2D eigenvalue weighted by Gasteiger charge is -2.30. The van der Waals surface area contributed by atoms with Gasteiger partial charge < -0.3 is 4.42 Å². The van der Waals surface area contributed by atoms with Gasteiger partial charge in [0.2, 0.25) is 5.89 Å². The number of benzene rings is 3. The lowest BCUT2D eigenvalue weighted by atomic mass is 10.0. The highest BCUT2D eigenvalue weighted by Gasteiger charge is 2.29. The van der Waals surface area contributed by atoms with Crippen molar-refractivity contribution in [2.24, 2.45) is 0 Å². The van der Waals surface area contributed by atoms with Crippen LogP contribution in [-0.2, 0) is 16.4 Å². The van der Waals surface area contributed by atoms with Gasteiger partial charge in [0, 0.05) is 22.1 Å². The molecular formula is C24H19BrN4O4S. The number of amides is 1. The van der Waals surface area contributed by atoms with E-state index < -0.39 is 15.9 Å². The van der Waals surface area contributed by atoms with E-state index in [1.54, 1.807) is 0 Å². The van der Waals surface area contributed by atoms with Crippen molar-refractivity contribution in [1.82, 2.24) is 10.2 Å². The molecular weight excluding hydrogens is 520 g/mol. The Balaban J connectivity index is 1.32. The number of halogens is 1. The SMILES string of the molecule is O=C(Nc1nnc(-c2ccc(Br)cc2)o1)c1ccc(S(=O)(=O)N2CCCc3ccccc32)cc1. The number of hydrogen-bond donors (Lipinski definition) is 1. The first-order valence-electron chi connectivity index (χ1n) is 10.5. The number of aryl methyl sites for hydroxylation is 1. The number of nitrogens with one attached hydrogen (secondary N) is 1. The summed E-state index contributed by atoms with van der Waals surface area (Å²) in [5.41, 5.74) is 2.69. The molecule has 5 rings (SSSR count). The molecule has 3 aromatic carbocycles. The summed E-state index contributed by atoms with van der Waals surface area (Å²) in [4.78, 5) is 12.7. The number of sulfonamides is 1. The zero-order chi connectivity index (χ0) is 23.7. The predicted octanol–water partition coefficient (Wildman–Crippen LogP) is 4.89. The molecule has 1 N–H and O–H groups in total. The molecule has 0 fully saturated rings. The molecule has 34 heavy (non-hydrogen) atoms. The highest BCUT2D eigenvalue weighted by atomic mass is 79.9. The van der Waals surface area contributed by atoms with E-state index in [9.17, 15) is 13.2 Å². The molecule has 0 atom stereocenters. The van der Waals surface area contributed by atoms with Crippen molar-refractivity contribution in [3.8, 4) is 11.5 Å². The standard InChI is InChI=1S/C24H19BrN4O4S/c25-19-11-7-18(8-12-19)23-27-28-24(33-23)26-22(30)17-9-13-20(14-10-17)34(31,32)29-15-3-5-16-4-1-2-6-21(16)29/h1-2,4,6-14H,3,5,15H2,(H,26,28,30). The number of fused-ring (bicyclic) bond motifs is 1. The number of hydrogen-bond acceptors (Lipinski definition) is 6. The number of carbonyl (C=O) groups excluding carboxylic acids is 1. The molecule has 0 radical (unpaired) electrons. The third-order valence-corrected chi connectivity index (χ3v) is 7.86. The highest BCUT2D eigenvalue weighted by molar-refractivity contribution is 9.10. The Morgan fingerprint density at radius 2 is 1.71 bits per heavy atom. The van der Waals surface area contributed by atoms with E-state index in [1.807, 2.05) is 48.5 Å². The van der Waals surface area contributed by atoms with Crippen LogP contribution in [0.15, 0.2) is 86.6 Å². The molecule has 0 saturated heterocycles. The van der Waals surface area contributed by atoms with E-state index in [0.29, 0.717) is 17.8 Å². The van der Waals surface area contributed by atoms with Gasteiger partial charge in [-0.3, -0.25) is 14.4 Å². The second kappa shape index (κ2) is 9.03. The van der Waals surface area contributed by atoms with Crippen LogP contribution in [0, 0.1) is 0 Å². The Kier molecular flexibility index (Phi) is 5.93. The number of carbonyl (C=O) groups is 1. The van der Waals surface area contributed by atoms with Gasteiger partial charge in [-0.25, -0.2) is 8.42 Å². The Labute approximate surface area is 204 Å². The molecule has 0 spiro atoms. The maximum Gasteiger partial charge on any atom is 0.322 e. The van der Waals surface area contributed by atoms with E-state index >= 15 is 0 Å². The Bertz CT molecular complexity index is 1450. The monoisotopic (exact) mass is 538 g/mol. The fourth-order valence-electron chi connectivity index (χ4n) is 3.81. The van der Waals surface area contributed by atoms with E-state index in [-0.39, 0.29) is 22.4 Å². The molecule has 4 aromatic rings. The van der Waals surface area contributed by atoms with Crippen molar-refractivity contribution in [1.29, 1.82) is 0 Å². The average molecular weight is 539 g/mol. The quantitative estimate of drug-likeness (QED) is 0.387. The van der Waals surface area contributed by atoms with Crippen molar-refractivity contribution in [2.45, 2.75) is 17.7 Å². The lowest BCUT2D eigenvalue weighted by Crippen LogP contribution is -2.35. The summed E-state index contributed by atoms with van der Waals surface area (Å²) in [6, 6.07) is 20.6. The smallest absolute Gasteiger partial charge is 0.322 e. The third kappa shape index (κ3) is 4.34. The minimum atomic E-state index is -3.75. The summed E-state index contributed by atoms with van der Waals surface area (Å²) in [5, 5.41) is 10.4. The van der Waals surface area contributed by atoms with Crippen LogP contribution in [0.5, 0.6) is 0 Å². The second-order valence-electron chi connectivity index (χ2n) is 7.71. The first-order chi connectivity index (χ1) is 16.4. The summed E-state index contributed by atoms with van der Waals surface area (Å²) in [6.45, 7) is 0.416. The van der Waals surface area contributed by atoms with Gasteiger partial charge in [0.15, 0.2) is 0 Å². The van der Waals surface area contributed by atoms with Gasteiger partial charge in [-0.2, -0.15) is 0 Å². The maximum atomic E-state index is 13.3. The summed E-state index contributed by atoms with van der Waals surface area (Å²) in [5.74, 6) is -0.218. The number of para-hydroxylation sites is 1. The van der Waals surface area contributed by atoms with E-state index in [0.717, 1.165) is 22.9 Å². The van der Waals surface area contributed by atoms with Crippen molar-refractivity contribution in [3.63, 3.8) is 0 Å². The van der Waals surface area contributed by atoms with Gasteiger partial charge in [0.25, 0.3) is 15.9 Å². The fraction of sp³-hybridized carbons (Fsp3) is 0.125. The lowest BCUT2D eigenvalue weighted by molar-refractivity contribution is 0.102. The summed E-state index contributed by atoms with van der Waals surface area (Å²) >= 11 is 3.36. The molecule has 0 bridgehead atoms. The molecule has 1 aromatic heterocycles. The molecule has 172 valence electrons. The van der Waals surface area contributed by atoms with Crippen molar-refractivity contribution in [2.75, 3.05) is 16.2 Å². The van der Waals surface area contributed by atoms with E-state index in [2.05, 4.69) is 31.4 Å². The van der Waals surface area contributed by atoms with Crippen molar-refractivity contribution >= 4 is 43.6 Å². The van der Waals surface area contributed by atoms with E-state index in [1.165, 1.54) is 28.6 Å². The summed E-state index contributed by atoms with van der Waals surface area (Å²) < 4.78 is 34.4. The number of rotatable bonds is 5. The van der Waals surface area contributed by atoms with Gasteiger partial charge in [0.05, 0.1) is 10.6 Å². The molecule has 0 saturated carbocycles. The van der Waals surface area contributed by atoms with Crippen LogP contribution in [0.1, 0.15) is 22.3 Å². The summed E-state index contributed by atoms with van der Waals surface area (Å²) in [7, 11) is -3.75. The fourth-order valence-corrected chi connectivity index (χ4v) is 5.61. The van der Waals surface area contributed by atoms with Crippen LogP contribution in [0.3, 0.4) is 0 Å². The third-order valence-electron chi connectivity index (χ3n) is 5.51. The average Bonchev–Trinajstić information content (AvgIpc) is 3.32. The molecule has 10 heteroatoms. The van der Waals surface area contributed by atoms with Crippen LogP contribution >= 0.6 is 15.9 Å². The molecule has 0 aliphatic carbocycles. The van der Waals surface area contributed by atoms with Gasteiger partial charge >= 0.3 is 6.01 Å². The topological polar surface area (TPSA) is 105 Å². The number of nitrogens with zero attached hydrogens (tertiary/aromatic N) is 3. The van der Waals surface area contributed by atoms with Crippen LogP contribution in [0.25, 0.3) is 11.5 Å². The normalized spacial score (nSPS) is 13.4. The Hall–Kier alpha value is -3.50. The summed E-state index contributed by atoms with van der Waals surface area (Å²) in [6.07, 6.45) is 1.60. The van der Waals surface area contributed by atoms with Gasteiger partial charge in [-0.05, 0) is 73.0 Å². The van der Waals surface area contributed by atoms with Crippen LogP contribution < -0.4 is 9.62 Å². The van der Waals surface area contributed by atoms with Crippen LogP contribution in [0.4, 0.5) is 11.7 Å². The van der Waals surface area contributed by atoms with Crippen molar-refractivity contribution in [3.05, 3.63) is 88.4 Å². The van der Waals surface area contributed by atoms with Gasteiger partial charge in [-0.15, -0.1) is 5.10 Å². The first kappa shape index (κ1) is 22.3. The molecule has 1 aliphatic heterocycles. The largest absolute Gasteiger partial charge is 0.403 e. The zero-order valence-electron chi connectivity index (χ0n) is 17.8. The van der Waals surface area contributed by atoms with Crippen LogP contribution in [-0.4, -0.2) is 31.1 Å². The number of anilines is 2. The molecule has 8 nitrogen and oxygen atoms in total. The Morgan fingerprint density at radius 1 is 0.971 bits per heavy atom.